The number of ether oxygens (including phenoxy) is 1. The fourth-order valence-corrected chi connectivity index (χ4v) is 6.27. The summed E-state index contributed by atoms with van der Waals surface area (Å²) >= 11 is 0. The van der Waals surface area contributed by atoms with Crippen molar-refractivity contribution in [3.05, 3.63) is 29.8 Å². The minimum atomic E-state index is -1.72. The second-order valence-corrected chi connectivity index (χ2v) is 13.2. The van der Waals surface area contributed by atoms with Crippen LogP contribution in [0.3, 0.4) is 0 Å². The van der Waals surface area contributed by atoms with E-state index in [1.807, 2.05) is 7.11 Å². The molecule has 0 heterocycles. The lowest BCUT2D eigenvalue weighted by Gasteiger charge is -2.55. The van der Waals surface area contributed by atoms with Crippen molar-refractivity contribution in [2.75, 3.05) is 14.2 Å². The van der Waals surface area contributed by atoms with Crippen LogP contribution in [0, 0.1) is 11.8 Å². The molecular formula is C20H33BO3Si. The van der Waals surface area contributed by atoms with Crippen molar-refractivity contribution in [1.82, 2.24) is 0 Å². The van der Waals surface area contributed by atoms with E-state index in [1.54, 1.807) is 7.11 Å². The monoisotopic (exact) mass is 360 g/mol. The van der Waals surface area contributed by atoms with Crippen LogP contribution in [-0.2, 0) is 14.3 Å². The Bertz CT molecular complexity index is 547. The maximum atomic E-state index is 6.66. The third-order valence-corrected chi connectivity index (χ3v) is 7.14. The van der Waals surface area contributed by atoms with Gasteiger partial charge in [0.1, 0.15) is 5.75 Å². The Morgan fingerprint density at radius 1 is 0.920 bits per heavy atom. The highest BCUT2D eigenvalue weighted by atomic mass is 28.4. The van der Waals surface area contributed by atoms with Crippen molar-refractivity contribution in [3.8, 4) is 5.75 Å². The number of fused-ring (bicyclic) bond motifs is 2. The van der Waals surface area contributed by atoms with Crippen molar-refractivity contribution in [2.24, 2.45) is 11.8 Å². The number of benzene rings is 1. The summed E-state index contributed by atoms with van der Waals surface area (Å²) in [5.41, 5.74) is 1.38. The van der Waals surface area contributed by atoms with Gasteiger partial charge in [-0.2, -0.15) is 0 Å². The van der Waals surface area contributed by atoms with Crippen LogP contribution in [0.2, 0.25) is 19.6 Å². The van der Waals surface area contributed by atoms with E-state index in [-0.39, 0.29) is 12.4 Å². The first-order valence-corrected chi connectivity index (χ1v) is 13.2. The number of methoxy groups -OCH3 is 1. The summed E-state index contributed by atoms with van der Waals surface area (Å²) in [4.78, 5) is 0. The Morgan fingerprint density at radius 2 is 1.44 bits per heavy atom. The standard InChI is InChI=1S/C20H33BO3Si/c1-22-19-14-12-18(13-15-19)20(21(23-2)24-25(3,4)5)16-8-6-9-17(20)11-7-10-16/h12-17H,6-11H2,1-5H3. The zero-order valence-corrected chi connectivity index (χ0v) is 17.5. The third kappa shape index (κ3) is 3.56. The van der Waals surface area contributed by atoms with Crippen LogP contribution in [0.15, 0.2) is 24.3 Å². The lowest BCUT2D eigenvalue weighted by Crippen LogP contribution is -2.62. The van der Waals surface area contributed by atoms with Crippen LogP contribution in [0.25, 0.3) is 0 Å². The van der Waals surface area contributed by atoms with E-state index in [0.29, 0.717) is 11.8 Å². The molecule has 3 rings (SSSR count). The molecule has 0 radical (unpaired) electrons. The molecule has 1 aromatic carbocycles. The fourth-order valence-electron chi connectivity index (χ4n) is 5.33. The largest absolute Gasteiger partial charge is 0.497 e. The minimum Gasteiger partial charge on any atom is -0.497 e. The third-order valence-electron chi connectivity index (χ3n) is 6.22. The van der Waals surface area contributed by atoms with E-state index in [1.165, 1.54) is 44.1 Å². The van der Waals surface area contributed by atoms with Gasteiger partial charge in [0.05, 0.1) is 7.11 Å². The van der Waals surface area contributed by atoms with Gasteiger partial charge in [-0.25, -0.2) is 0 Å². The van der Waals surface area contributed by atoms with E-state index in [9.17, 15) is 0 Å². The first-order valence-electron chi connectivity index (χ1n) is 9.77. The molecule has 2 saturated carbocycles. The first kappa shape index (κ1) is 19.0. The SMILES string of the molecule is COB(O[Si](C)(C)C)C1(c2ccc(OC)cc2)C2CCCC1CCC2. The number of hydrogen-bond acceptors (Lipinski definition) is 3. The zero-order valence-electron chi connectivity index (χ0n) is 16.5. The van der Waals surface area contributed by atoms with Gasteiger partial charge in [0.25, 0.3) is 0 Å². The molecule has 5 heteroatoms. The van der Waals surface area contributed by atoms with Crippen molar-refractivity contribution in [3.63, 3.8) is 0 Å². The predicted octanol–water partition coefficient (Wildman–Crippen LogP) is 5.06. The zero-order chi connectivity index (χ0) is 18.1. The summed E-state index contributed by atoms with van der Waals surface area (Å²) in [5.74, 6) is 2.21. The smallest absolute Gasteiger partial charge is 0.457 e. The molecule has 2 aliphatic carbocycles. The van der Waals surface area contributed by atoms with Gasteiger partial charge in [-0.1, -0.05) is 50.7 Å². The lowest BCUT2D eigenvalue weighted by molar-refractivity contribution is 0.0795. The molecule has 138 valence electrons. The first-order chi connectivity index (χ1) is 11.9. The van der Waals surface area contributed by atoms with Crippen molar-refractivity contribution >= 4 is 15.4 Å². The number of hydrogen-bond donors (Lipinski definition) is 0. The Kier molecular flexibility index (Phi) is 5.66. The molecule has 2 bridgehead atoms. The van der Waals surface area contributed by atoms with Crippen LogP contribution in [0.4, 0.5) is 0 Å². The van der Waals surface area contributed by atoms with Gasteiger partial charge in [0.2, 0.25) is 0 Å². The number of rotatable bonds is 6. The molecule has 3 nitrogen and oxygen atoms in total. The van der Waals surface area contributed by atoms with Crippen LogP contribution in [0.1, 0.15) is 44.1 Å². The van der Waals surface area contributed by atoms with Gasteiger partial charge in [-0.05, 0) is 49.2 Å². The fraction of sp³-hybridized carbons (Fsp3) is 0.700. The topological polar surface area (TPSA) is 27.7 Å². The van der Waals surface area contributed by atoms with Crippen molar-refractivity contribution < 1.29 is 13.7 Å². The van der Waals surface area contributed by atoms with Crippen LogP contribution >= 0.6 is 0 Å². The molecule has 0 unspecified atom stereocenters. The minimum absolute atomic E-state index is 0.0161. The summed E-state index contributed by atoms with van der Waals surface area (Å²) in [6.45, 7) is 6.79. The van der Waals surface area contributed by atoms with Gasteiger partial charge in [-0.15, -0.1) is 0 Å². The van der Waals surface area contributed by atoms with Crippen LogP contribution in [-0.4, -0.2) is 29.7 Å². The lowest BCUT2D eigenvalue weighted by atomic mass is 9.37. The highest BCUT2D eigenvalue weighted by Crippen LogP contribution is 2.56. The highest BCUT2D eigenvalue weighted by Gasteiger charge is 2.60. The molecule has 1 aromatic rings. The van der Waals surface area contributed by atoms with E-state index in [2.05, 4.69) is 43.9 Å². The van der Waals surface area contributed by atoms with Gasteiger partial charge in [0, 0.05) is 12.4 Å². The quantitative estimate of drug-likeness (QED) is 0.664. The van der Waals surface area contributed by atoms with E-state index < -0.39 is 8.32 Å². The molecule has 0 N–H and O–H groups in total. The molecule has 0 atom stereocenters. The maximum absolute atomic E-state index is 6.66. The van der Waals surface area contributed by atoms with Crippen LogP contribution in [0.5, 0.6) is 5.75 Å². The van der Waals surface area contributed by atoms with E-state index in [4.69, 9.17) is 13.7 Å². The van der Waals surface area contributed by atoms with Gasteiger partial charge >= 0.3 is 7.12 Å². The molecule has 0 amide bonds. The summed E-state index contributed by atoms with van der Waals surface area (Å²) < 4.78 is 18.2. The molecule has 0 saturated heterocycles. The predicted molar refractivity (Wildman–Crippen MR) is 107 cm³/mol. The molecule has 25 heavy (non-hydrogen) atoms. The van der Waals surface area contributed by atoms with Gasteiger partial charge in [-0.3, -0.25) is 0 Å². The molecule has 2 fully saturated rings. The highest BCUT2D eigenvalue weighted by molar-refractivity contribution is 6.76. The van der Waals surface area contributed by atoms with E-state index in [0.717, 1.165) is 5.75 Å². The average molecular weight is 360 g/mol. The summed E-state index contributed by atoms with van der Waals surface area (Å²) in [7, 11) is 1.69. The van der Waals surface area contributed by atoms with Gasteiger partial charge < -0.3 is 13.7 Å². The van der Waals surface area contributed by atoms with Crippen molar-refractivity contribution in [1.29, 1.82) is 0 Å². The molecular weight excluding hydrogens is 327 g/mol. The maximum Gasteiger partial charge on any atom is 0.457 e. The van der Waals surface area contributed by atoms with Gasteiger partial charge in [0.15, 0.2) is 8.32 Å². The normalized spacial score (nSPS) is 29.3. The summed E-state index contributed by atoms with van der Waals surface area (Å²) in [6.07, 6.45) is 7.84. The molecule has 2 aliphatic rings. The Balaban J connectivity index is 2.09. The molecule has 0 aromatic heterocycles. The summed E-state index contributed by atoms with van der Waals surface area (Å²) in [5, 5.41) is -0.0161. The van der Waals surface area contributed by atoms with Crippen LogP contribution < -0.4 is 4.74 Å². The Hall–Kier alpha value is -0.778. The second-order valence-electron chi connectivity index (χ2n) is 8.72. The van der Waals surface area contributed by atoms with Crippen molar-refractivity contribution in [2.45, 2.75) is 63.5 Å². The summed E-state index contributed by atoms with van der Waals surface area (Å²) in [6, 6.07) is 8.72. The molecule has 0 spiro atoms. The van der Waals surface area contributed by atoms with E-state index >= 15 is 0 Å². The Morgan fingerprint density at radius 3 is 1.84 bits per heavy atom. The molecule has 0 aliphatic heterocycles. The second kappa shape index (κ2) is 7.45. The average Bonchev–Trinajstić information content (AvgIpc) is 2.58. The Labute approximate surface area is 154 Å².